The van der Waals surface area contributed by atoms with Crippen molar-refractivity contribution in [3.8, 4) is 0 Å². The van der Waals surface area contributed by atoms with Gasteiger partial charge in [0.1, 0.15) is 11.4 Å². The molecule has 13 heteroatoms. The number of thioether (sulfide) groups is 1. The molecule has 0 spiro atoms. The second kappa shape index (κ2) is 10.1. The molecule has 3 N–H and O–H groups in total. The van der Waals surface area contributed by atoms with E-state index in [0.29, 0.717) is 29.9 Å². The van der Waals surface area contributed by atoms with Crippen LogP contribution < -0.4 is 16.0 Å². The van der Waals surface area contributed by atoms with Crippen LogP contribution in [0.15, 0.2) is 54.0 Å². The number of carbonyl (C=O) groups excluding carboxylic acids is 1. The number of hydrogen-bond donors (Lipinski definition) is 2. The number of nitrogens with zero attached hydrogens (tertiary/aromatic N) is 6. The van der Waals surface area contributed by atoms with Crippen LogP contribution in [0, 0.1) is 17.6 Å². The lowest BCUT2D eigenvalue weighted by molar-refractivity contribution is -0.115. The maximum Gasteiger partial charge on any atom is 0.232 e. The van der Waals surface area contributed by atoms with E-state index in [1.807, 2.05) is 23.1 Å². The van der Waals surface area contributed by atoms with Crippen LogP contribution in [0.4, 0.5) is 20.4 Å². The Morgan fingerprint density at radius 3 is 2.54 bits per heavy atom. The van der Waals surface area contributed by atoms with Gasteiger partial charge < -0.3 is 16.0 Å². The summed E-state index contributed by atoms with van der Waals surface area (Å²) in [5.74, 6) is 0.129. The zero-order valence-electron chi connectivity index (χ0n) is 18.3. The summed E-state index contributed by atoms with van der Waals surface area (Å²) >= 11 is 1.49. The molecule has 1 amide bonds. The Balaban J connectivity index is 0.00000289. The summed E-state index contributed by atoms with van der Waals surface area (Å²) in [5.41, 5.74) is 6.95. The van der Waals surface area contributed by atoms with E-state index < -0.39 is 17.2 Å². The van der Waals surface area contributed by atoms with Crippen molar-refractivity contribution < 1.29 is 13.6 Å². The Morgan fingerprint density at radius 2 is 1.83 bits per heavy atom. The number of aliphatic imine (C=N–C) groups is 1. The van der Waals surface area contributed by atoms with E-state index in [-0.39, 0.29) is 36.5 Å². The number of hydrogen-bond acceptors (Lipinski definition) is 9. The smallest absolute Gasteiger partial charge is 0.232 e. The maximum atomic E-state index is 13.3. The third-order valence-electron chi connectivity index (χ3n) is 5.82. The fourth-order valence-corrected chi connectivity index (χ4v) is 5.27. The number of carbonyl (C=O) groups is 1. The molecule has 182 valence electrons. The highest BCUT2D eigenvalue weighted by molar-refractivity contribution is 8.13. The van der Waals surface area contributed by atoms with Gasteiger partial charge in [-0.15, -0.1) is 12.4 Å². The van der Waals surface area contributed by atoms with Gasteiger partial charge in [0.05, 0.1) is 37.8 Å². The van der Waals surface area contributed by atoms with Gasteiger partial charge in [-0.25, -0.2) is 33.7 Å². The lowest BCUT2D eigenvalue weighted by Gasteiger charge is -2.34. The third kappa shape index (κ3) is 5.17. The van der Waals surface area contributed by atoms with E-state index in [1.54, 1.807) is 6.07 Å². The highest BCUT2D eigenvalue weighted by Crippen LogP contribution is 2.46. The van der Waals surface area contributed by atoms with Gasteiger partial charge >= 0.3 is 0 Å². The number of benzene rings is 1. The fraction of sp³-hybridized carbons (Fsp3) is 0.273. The topological polar surface area (TPSA) is 122 Å². The molecule has 9 nitrogen and oxygen atoms in total. The molecule has 4 heterocycles. The first kappa shape index (κ1) is 24.7. The van der Waals surface area contributed by atoms with Crippen molar-refractivity contribution in [3.05, 3.63) is 72.1 Å². The van der Waals surface area contributed by atoms with Crippen LogP contribution >= 0.6 is 24.2 Å². The predicted octanol–water partition coefficient (Wildman–Crippen LogP) is 2.54. The molecule has 1 saturated heterocycles. The van der Waals surface area contributed by atoms with E-state index in [2.05, 4.69) is 25.3 Å². The first-order valence-corrected chi connectivity index (χ1v) is 11.5. The van der Waals surface area contributed by atoms with E-state index in [4.69, 9.17) is 10.7 Å². The minimum atomic E-state index is -0.659. The highest BCUT2D eigenvalue weighted by Gasteiger charge is 2.50. The molecule has 0 bridgehead atoms. The number of amides is 1. The molecule has 1 fully saturated rings. The molecule has 0 radical (unpaired) electrons. The van der Waals surface area contributed by atoms with E-state index in [0.717, 1.165) is 36.1 Å². The maximum absolute atomic E-state index is 13.3. The van der Waals surface area contributed by atoms with Gasteiger partial charge in [0, 0.05) is 23.9 Å². The SMILES string of the molecule is Cl.NC1=N[C@@]2(c3cccc(NC(=O)Cc4ncc(F)cn4)c3)CN(c3ncc(F)cn3)C[C@H]2CS1. The number of anilines is 2. The zero-order valence-corrected chi connectivity index (χ0v) is 19.9. The lowest BCUT2D eigenvalue weighted by Crippen LogP contribution is -2.40. The van der Waals surface area contributed by atoms with Crippen LogP contribution in [0.25, 0.3) is 0 Å². The van der Waals surface area contributed by atoms with Crippen LogP contribution in [0.1, 0.15) is 11.4 Å². The largest absolute Gasteiger partial charge is 0.379 e. The van der Waals surface area contributed by atoms with Gasteiger partial charge in [-0.05, 0) is 17.7 Å². The average molecular weight is 519 g/mol. The number of nitrogens with one attached hydrogen (secondary N) is 1. The summed E-state index contributed by atoms with van der Waals surface area (Å²) in [4.78, 5) is 35.2. The summed E-state index contributed by atoms with van der Waals surface area (Å²) in [6.07, 6.45) is 4.25. The number of rotatable bonds is 5. The van der Waals surface area contributed by atoms with E-state index >= 15 is 0 Å². The van der Waals surface area contributed by atoms with Crippen molar-refractivity contribution in [3.63, 3.8) is 0 Å². The number of nitrogens with two attached hydrogens (primary N) is 1. The quantitative estimate of drug-likeness (QED) is 0.528. The molecule has 2 aliphatic heterocycles. The number of fused-ring (bicyclic) bond motifs is 1. The fourth-order valence-electron chi connectivity index (χ4n) is 4.29. The Bertz CT molecular complexity index is 1250. The summed E-state index contributed by atoms with van der Waals surface area (Å²) in [6.45, 7) is 1.10. The average Bonchev–Trinajstić information content (AvgIpc) is 3.21. The Labute approximate surface area is 210 Å². The monoisotopic (exact) mass is 518 g/mol. The highest BCUT2D eigenvalue weighted by atomic mass is 35.5. The molecule has 2 atom stereocenters. The molecule has 35 heavy (non-hydrogen) atoms. The molecule has 2 aromatic heterocycles. The zero-order chi connectivity index (χ0) is 23.7. The number of amidine groups is 1. The van der Waals surface area contributed by atoms with Crippen LogP contribution in [-0.4, -0.2) is 49.9 Å². The Hall–Kier alpha value is -3.38. The van der Waals surface area contributed by atoms with Gasteiger partial charge in [-0.3, -0.25) is 4.79 Å². The van der Waals surface area contributed by atoms with Crippen LogP contribution in [0.5, 0.6) is 0 Å². The van der Waals surface area contributed by atoms with Gasteiger partial charge in [0.15, 0.2) is 16.8 Å². The summed E-state index contributed by atoms with van der Waals surface area (Å²) in [7, 11) is 0. The molecular weight excluding hydrogens is 498 g/mol. The predicted molar refractivity (Wildman–Crippen MR) is 131 cm³/mol. The third-order valence-corrected chi connectivity index (χ3v) is 6.77. The Morgan fingerprint density at radius 1 is 1.14 bits per heavy atom. The van der Waals surface area contributed by atoms with Crippen molar-refractivity contribution in [1.82, 2.24) is 19.9 Å². The van der Waals surface area contributed by atoms with E-state index in [1.165, 1.54) is 11.8 Å². The molecule has 1 aromatic carbocycles. The normalized spacial score (nSPS) is 21.0. The molecule has 0 saturated carbocycles. The van der Waals surface area contributed by atoms with Crippen molar-refractivity contribution >= 4 is 46.9 Å². The summed E-state index contributed by atoms with van der Waals surface area (Å²) in [5, 5.41) is 3.33. The Kier molecular flexibility index (Phi) is 7.13. The van der Waals surface area contributed by atoms with Gasteiger partial charge in [0.2, 0.25) is 11.9 Å². The molecule has 2 aliphatic rings. The summed E-state index contributed by atoms with van der Waals surface area (Å²) < 4.78 is 26.3. The van der Waals surface area contributed by atoms with Gasteiger partial charge in [-0.2, -0.15) is 0 Å². The van der Waals surface area contributed by atoms with Crippen molar-refractivity contribution in [2.24, 2.45) is 16.6 Å². The molecule has 0 unspecified atom stereocenters. The minimum absolute atomic E-state index is 0. The first-order valence-electron chi connectivity index (χ1n) is 10.5. The van der Waals surface area contributed by atoms with Crippen LogP contribution in [-0.2, 0) is 16.8 Å². The van der Waals surface area contributed by atoms with Crippen molar-refractivity contribution in [2.75, 3.05) is 29.1 Å². The van der Waals surface area contributed by atoms with Crippen LogP contribution in [0.2, 0.25) is 0 Å². The van der Waals surface area contributed by atoms with E-state index in [9.17, 15) is 13.6 Å². The van der Waals surface area contributed by atoms with Crippen LogP contribution in [0.3, 0.4) is 0 Å². The molecular formula is C22H21ClF2N8OS. The van der Waals surface area contributed by atoms with Gasteiger partial charge in [0.25, 0.3) is 0 Å². The molecule has 5 rings (SSSR count). The van der Waals surface area contributed by atoms with Crippen molar-refractivity contribution in [2.45, 2.75) is 12.0 Å². The standard InChI is InChI=1S/C22H20F2N8OS.ClH/c23-15-6-26-18(27-7-15)5-19(33)30-17-3-1-2-13(4-17)22-12-32(21-28-8-16(24)9-29-21)10-14(22)11-34-20(25)31-22;/h1-4,6-9,14H,5,10-12H2,(H2,25,31)(H,30,33);1H/t14-,22+;/m0./s1. The molecule has 0 aliphatic carbocycles. The second-order valence-corrected chi connectivity index (χ2v) is 9.13. The first-order chi connectivity index (χ1) is 16.4. The van der Waals surface area contributed by atoms with Crippen molar-refractivity contribution in [1.29, 1.82) is 0 Å². The second-order valence-electron chi connectivity index (χ2n) is 8.09. The lowest BCUT2D eigenvalue weighted by atomic mass is 9.81. The number of halogens is 3. The minimum Gasteiger partial charge on any atom is -0.379 e. The molecule has 3 aromatic rings. The van der Waals surface area contributed by atoms with Gasteiger partial charge in [-0.1, -0.05) is 23.9 Å². The number of aromatic nitrogens is 4. The summed E-state index contributed by atoms with van der Waals surface area (Å²) in [6, 6.07) is 7.44.